The molecule has 0 aromatic heterocycles. The lowest BCUT2D eigenvalue weighted by molar-refractivity contribution is 1.40. The fourth-order valence-electron chi connectivity index (χ4n) is 0.953. The summed E-state index contributed by atoms with van der Waals surface area (Å²) in [7, 11) is 0. The summed E-state index contributed by atoms with van der Waals surface area (Å²) < 4.78 is 0. The third kappa shape index (κ3) is 6.73. The zero-order valence-corrected chi connectivity index (χ0v) is 9.67. The fraction of sp³-hybridized carbons (Fsp3) is 0.333. The summed E-state index contributed by atoms with van der Waals surface area (Å²) in [6.07, 6.45) is 4.20. The monoisotopic (exact) mass is 204 g/mol. The first-order valence-electron chi connectivity index (χ1n) is 5.09. The van der Waals surface area contributed by atoms with Crippen LogP contribution in [0.25, 0.3) is 12.7 Å². The number of hydrogen-bond acceptors (Lipinski definition) is 0. The molecule has 0 amide bonds. The Morgan fingerprint density at radius 2 is 1.67 bits per heavy atom. The molecule has 1 aromatic rings. The summed E-state index contributed by atoms with van der Waals surface area (Å²) in [6, 6.07) is 8.12. The Morgan fingerprint density at radius 1 is 1.13 bits per heavy atom. The molecule has 84 valence electrons. The van der Waals surface area contributed by atoms with Crippen LogP contribution < -0.4 is 10.4 Å². The highest BCUT2D eigenvalue weighted by molar-refractivity contribution is 5.39. The number of hydrogen-bond donors (Lipinski definition) is 0. The van der Waals surface area contributed by atoms with Crippen molar-refractivity contribution >= 4 is 12.7 Å². The SMILES string of the molecule is C.C=c1cccc/c1=C/C=C(C)C.CC. The van der Waals surface area contributed by atoms with Crippen LogP contribution in [0.2, 0.25) is 0 Å². The molecule has 0 unspecified atom stereocenters. The molecule has 0 heterocycles. The first kappa shape index (κ1) is 16.1. The molecule has 0 radical (unpaired) electrons. The lowest BCUT2D eigenvalue weighted by Crippen LogP contribution is -2.21. The van der Waals surface area contributed by atoms with Crippen molar-refractivity contribution in [1.29, 1.82) is 0 Å². The number of allylic oxidation sites excluding steroid dienone is 2. The quantitative estimate of drug-likeness (QED) is 0.657. The van der Waals surface area contributed by atoms with Gasteiger partial charge in [0.05, 0.1) is 0 Å². The maximum Gasteiger partial charge on any atom is -0.0190 e. The molecular formula is C15H24. The van der Waals surface area contributed by atoms with Gasteiger partial charge in [0.2, 0.25) is 0 Å². The summed E-state index contributed by atoms with van der Waals surface area (Å²) in [6.45, 7) is 12.1. The molecule has 0 saturated heterocycles. The van der Waals surface area contributed by atoms with Gasteiger partial charge in [0, 0.05) is 0 Å². The predicted octanol–water partition coefficient (Wildman–Crippen LogP) is 3.51. The lowest BCUT2D eigenvalue weighted by Gasteiger charge is -1.86. The first-order valence-corrected chi connectivity index (χ1v) is 5.09. The van der Waals surface area contributed by atoms with E-state index in [4.69, 9.17) is 0 Å². The molecule has 0 aliphatic carbocycles. The highest BCUT2D eigenvalue weighted by atomic mass is 13.8. The molecule has 1 aromatic carbocycles. The molecule has 0 atom stereocenters. The molecule has 0 nitrogen and oxygen atoms in total. The van der Waals surface area contributed by atoms with Gasteiger partial charge >= 0.3 is 0 Å². The van der Waals surface area contributed by atoms with Gasteiger partial charge in [-0.15, -0.1) is 0 Å². The van der Waals surface area contributed by atoms with Crippen LogP contribution in [-0.4, -0.2) is 0 Å². The Labute approximate surface area is 94.7 Å². The Balaban J connectivity index is 0. The van der Waals surface area contributed by atoms with Gasteiger partial charge in [-0.25, -0.2) is 0 Å². The van der Waals surface area contributed by atoms with Crippen molar-refractivity contribution in [1.82, 2.24) is 0 Å². The van der Waals surface area contributed by atoms with E-state index in [9.17, 15) is 0 Å². The van der Waals surface area contributed by atoms with Crippen LogP contribution in [0.5, 0.6) is 0 Å². The largest absolute Gasteiger partial charge is 0.0912 e. The number of benzene rings is 1. The van der Waals surface area contributed by atoms with Crippen molar-refractivity contribution in [3.63, 3.8) is 0 Å². The molecule has 0 fully saturated rings. The molecular weight excluding hydrogens is 180 g/mol. The normalized spacial score (nSPS) is 9.47. The van der Waals surface area contributed by atoms with E-state index in [1.54, 1.807) is 0 Å². The van der Waals surface area contributed by atoms with Gasteiger partial charge in [0.1, 0.15) is 0 Å². The Hall–Kier alpha value is -1.30. The second kappa shape index (κ2) is 9.26. The van der Waals surface area contributed by atoms with E-state index >= 15 is 0 Å². The van der Waals surface area contributed by atoms with E-state index in [-0.39, 0.29) is 7.43 Å². The zero-order chi connectivity index (χ0) is 11.0. The van der Waals surface area contributed by atoms with Crippen LogP contribution in [0.3, 0.4) is 0 Å². The maximum atomic E-state index is 3.94. The van der Waals surface area contributed by atoms with E-state index in [0.717, 1.165) is 5.22 Å². The standard InChI is InChI=1S/C12H14.C2H6.CH4/c1-10(2)8-9-12-7-5-4-6-11(12)3;1-2;/h4-9H,3H2,1-2H3;1-2H3;1H4/b12-9-;;. The number of rotatable bonds is 1. The van der Waals surface area contributed by atoms with Gasteiger partial charge in [-0.1, -0.05) is 69.8 Å². The summed E-state index contributed by atoms with van der Waals surface area (Å²) in [5.41, 5.74) is 1.30. The minimum atomic E-state index is 0. The van der Waals surface area contributed by atoms with E-state index in [1.165, 1.54) is 10.8 Å². The highest BCUT2D eigenvalue weighted by Crippen LogP contribution is 1.87. The van der Waals surface area contributed by atoms with Gasteiger partial charge in [-0.05, 0) is 24.3 Å². The third-order valence-corrected chi connectivity index (χ3v) is 1.65. The second-order valence-corrected chi connectivity index (χ2v) is 3.11. The van der Waals surface area contributed by atoms with Crippen molar-refractivity contribution in [3.05, 3.63) is 46.4 Å². The Bertz CT molecular complexity index is 379. The van der Waals surface area contributed by atoms with E-state index in [0.29, 0.717) is 0 Å². The molecule has 15 heavy (non-hydrogen) atoms. The van der Waals surface area contributed by atoms with Gasteiger partial charge < -0.3 is 0 Å². The summed E-state index contributed by atoms with van der Waals surface area (Å²) in [5, 5.41) is 2.27. The van der Waals surface area contributed by atoms with E-state index in [2.05, 4.69) is 38.6 Å². The lowest BCUT2D eigenvalue weighted by atomic mass is 10.2. The average Bonchev–Trinajstić information content (AvgIpc) is 2.19. The molecule has 0 aliphatic rings. The van der Waals surface area contributed by atoms with Crippen molar-refractivity contribution in [3.8, 4) is 0 Å². The predicted molar refractivity (Wildman–Crippen MR) is 73.2 cm³/mol. The van der Waals surface area contributed by atoms with Crippen LogP contribution >= 0.6 is 0 Å². The fourth-order valence-corrected chi connectivity index (χ4v) is 0.953. The second-order valence-electron chi connectivity index (χ2n) is 3.11. The van der Waals surface area contributed by atoms with Crippen LogP contribution in [0.15, 0.2) is 35.9 Å². The molecule has 0 N–H and O–H groups in total. The molecule has 0 spiro atoms. The summed E-state index contributed by atoms with van der Waals surface area (Å²) >= 11 is 0. The Kier molecular flexibility index (Phi) is 9.97. The van der Waals surface area contributed by atoms with Crippen LogP contribution in [0.4, 0.5) is 0 Å². The van der Waals surface area contributed by atoms with E-state index < -0.39 is 0 Å². The summed E-state index contributed by atoms with van der Waals surface area (Å²) in [4.78, 5) is 0. The van der Waals surface area contributed by atoms with Crippen molar-refractivity contribution < 1.29 is 0 Å². The molecule has 0 saturated carbocycles. The topological polar surface area (TPSA) is 0 Å². The smallest absolute Gasteiger partial charge is 0.0190 e. The van der Waals surface area contributed by atoms with E-state index in [1.807, 2.05) is 32.0 Å². The zero-order valence-electron chi connectivity index (χ0n) is 9.67. The highest BCUT2D eigenvalue weighted by Gasteiger charge is 1.78. The molecule has 0 heteroatoms. The van der Waals surface area contributed by atoms with Crippen molar-refractivity contribution in [2.45, 2.75) is 35.1 Å². The molecule has 1 rings (SSSR count). The molecule has 0 bridgehead atoms. The van der Waals surface area contributed by atoms with Gasteiger partial charge in [0.15, 0.2) is 0 Å². The average molecular weight is 204 g/mol. The van der Waals surface area contributed by atoms with Crippen molar-refractivity contribution in [2.75, 3.05) is 0 Å². The first-order chi connectivity index (χ1) is 6.70. The van der Waals surface area contributed by atoms with Crippen LogP contribution in [0, 0.1) is 0 Å². The third-order valence-electron chi connectivity index (χ3n) is 1.65. The minimum absolute atomic E-state index is 0. The van der Waals surface area contributed by atoms with Gasteiger partial charge in [-0.2, -0.15) is 0 Å². The van der Waals surface area contributed by atoms with Crippen LogP contribution in [-0.2, 0) is 0 Å². The summed E-state index contributed by atoms with van der Waals surface area (Å²) in [5.74, 6) is 0. The molecule has 0 aliphatic heterocycles. The van der Waals surface area contributed by atoms with Gasteiger partial charge in [-0.3, -0.25) is 0 Å². The van der Waals surface area contributed by atoms with Gasteiger partial charge in [0.25, 0.3) is 0 Å². The van der Waals surface area contributed by atoms with Crippen molar-refractivity contribution in [2.24, 2.45) is 0 Å². The minimum Gasteiger partial charge on any atom is -0.0912 e. The van der Waals surface area contributed by atoms with Crippen LogP contribution in [0.1, 0.15) is 35.1 Å². The Morgan fingerprint density at radius 3 is 2.13 bits per heavy atom. The maximum absolute atomic E-state index is 3.94.